The lowest BCUT2D eigenvalue weighted by molar-refractivity contribution is -0.384. The molecule has 0 aliphatic carbocycles. The molecule has 2 aromatic heterocycles. The van der Waals surface area contributed by atoms with E-state index in [1.54, 1.807) is 25.1 Å². The number of rotatable bonds is 6. The Balaban J connectivity index is 1.74. The summed E-state index contributed by atoms with van der Waals surface area (Å²) in [6.45, 7) is 1.60. The number of nitrogens with zero attached hydrogens (tertiary/aromatic N) is 7. The van der Waals surface area contributed by atoms with Gasteiger partial charge in [0.25, 0.3) is 11.6 Å². The molecule has 2 aromatic carbocycles. The second kappa shape index (κ2) is 8.54. The van der Waals surface area contributed by atoms with Crippen LogP contribution in [0.2, 0.25) is 0 Å². The lowest BCUT2D eigenvalue weighted by atomic mass is 10.1. The van der Waals surface area contributed by atoms with Crippen LogP contribution < -0.4 is 11.2 Å². The molecule has 4 N–H and O–H groups in total. The molecule has 0 radical (unpaired) electrons. The van der Waals surface area contributed by atoms with Crippen molar-refractivity contribution in [1.82, 2.24) is 30.7 Å². The first-order valence-electron chi connectivity index (χ1n) is 9.28. The predicted molar refractivity (Wildman–Crippen MR) is 114 cm³/mol. The van der Waals surface area contributed by atoms with Gasteiger partial charge in [-0.3, -0.25) is 14.9 Å². The average molecular weight is 449 g/mol. The topological polar surface area (TPSA) is 200 Å². The van der Waals surface area contributed by atoms with Crippen LogP contribution in [0.25, 0.3) is 17.1 Å². The van der Waals surface area contributed by atoms with Gasteiger partial charge in [0.1, 0.15) is 11.4 Å². The molecule has 1 amide bonds. The van der Waals surface area contributed by atoms with Crippen molar-refractivity contribution in [2.24, 2.45) is 5.10 Å². The molecule has 0 saturated heterocycles. The van der Waals surface area contributed by atoms with Crippen molar-refractivity contribution in [3.63, 3.8) is 0 Å². The van der Waals surface area contributed by atoms with Crippen molar-refractivity contribution >= 4 is 23.1 Å². The number of phenolic OH excluding ortho intramolecular Hbond substituents is 1. The van der Waals surface area contributed by atoms with E-state index in [0.717, 1.165) is 4.68 Å². The first-order valence-corrected chi connectivity index (χ1v) is 9.28. The molecule has 4 aromatic rings. The lowest BCUT2D eigenvalue weighted by Gasteiger charge is -2.07. The summed E-state index contributed by atoms with van der Waals surface area (Å²) in [4.78, 5) is 23.3. The number of nitrogen functional groups attached to an aromatic ring is 1. The third kappa shape index (κ3) is 4.07. The van der Waals surface area contributed by atoms with E-state index < -0.39 is 10.8 Å². The summed E-state index contributed by atoms with van der Waals surface area (Å²) in [7, 11) is 0. The van der Waals surface area contributed by atoms with Crippen LogP contribution >= 0.6 is 0 Å². The Morgan fingerprint density at radius 1 is 1.21 bits per heavy atom. The highest BCUT2D eigenvalue weighted by Gasteiger charge is 2.25. The number of hydrazone groups is 1. The van der Waals surface area contributed by atoms with E-state index in [1.165, 1.54) is 30.3 Å². The molecule has 166 valence electrons. The summed E-state index contributed by atoms with van der Waals surface area (Å²) in [6.07, 6.45) is 0. The van der Waals surface area contributed by atoms with Crippen LogP contribution in [0.1, 0.15) is 23.0 Å². The summed E-state index contributed by atoms with van der Waals surface area (Å²) in [5, 5.41) is 39.9. The van der Waals surface area contributed by atoms with Crippen LogP contribution in [-0.2, 0) is 0 Å². The van der Waals surface area contributed by atoms with Crippen molar-refractivity contribution in [1.29, 1.82) is 0 Å². The largest absolute Gasteiger partial charge is 0.507 e. The van der Waals surface area contributed by atoms with Gasteiger partial charge in [-0.2, -0.15) is 9.78 Å². The number of phenols is 1. The van der Waals surface area contributed by atoms with E-state index in [2.05, 4.69) is 35.8 Å². The zero-order valence-electron chi connectivity index (χ0n) is 16.9. The van der Waals surface area contributed by atoms with Crippen molar-refractivity contribution < 1.29 is 19.5 Å². The van der Waals surface area contributed by atoms with Gasteiger partial charge in [0.2, 0.25) is 11.6 Å². The Morgan fingerprint density at radius 3 is 2.58 bits per heavy atom. The van der Waals surface area contributed by atoms with Gasteiger partial charge < -0.3 is 10.8 Å². The number of nitro benzene ring substituents is 1. The molecule has 0 spiro atoms. The van der Waals surface area contributed by atoms with Crippen LogP contribution in [0.4, 0.5) is 11.5 Å². The van der Waals surface area contributed by atoms with Gasteiger partial charge in [-0.05, 0) is 41.5 Å². The number of anilines is 1. The normalized spacial score (nSPS) is 11.4. The highest BCUT2D eigenvalue weighted by atomic mass is 16.6. The minimum absolute atomic E-state index is 0.000445. The number of non-ortho nitro benzene ring substituents is 1. The molecule has 33 heavy (non-hydrogen) atoms. The molecule has 0 bridgehead atoms. The smallest absolute Gasteiger partial charge is 0.294 e. The highest BCUT2D eigenvalue weighted by molar-refractivity contribution is 6.03. The van der Waals surface area contributed by atoms with E-state index in [9.17, 15) is 20.0 Å². The van der Waals surface area contributed by atoms with Gasteiger partial charge >= 0.3 is 0 Å². The molecule has 0 aliphatic heterocycles. The van der Waals surface area contributed by atoms with Crippen LogP contribution in [0.15, 0.2) is 58.3 Å². The number of hydrogen-bond donors (Lipinski definition) is 3. The maximum Gasteiger partial charge on any atom is 0.294 e. The van der Waals surface area contributed by atoms with Crippen molar-refractivity contribution in [2.45, 2.75) is 6.92 Å². The SMILES string of the molecule is C/C(=N\NC(=O)c1nnn(-c2nonc2N)c1-c1ccc([N+](=O)[O-])cc1)c1ccccc1O. The first-order chi connectivity index (χ1) is 15.9. The Hall–Kier alpha value is -5.14. The summed E-state index contributed by atoms with van der Waals surface area (Å²) in [6, 6.07) is 11.9. The Kier molecular flexibility index (Phi) is 5.46. The zero-order valence-corrected chi connectivity index (χ0v) is 16.9. The first kappa shape index (κ1) is 21.1. The highest BCUT2D eigenvalue weighted by Crippen LogP contribution is 2.28. The second-order valence-corrected chi connectivity index (χ2v) is 6.63. The van der Waals surface area contributed by atoms with Crippen LogP contribution in [0.5, 0.6) is 5.75 Å². The molecule has 0 saturated carbocycles. The van der Waals surface area contributed by atoms with Crippen LogP contribution in [0.3, 0.4) is 0 Å². The van der Waals surface area contributed by atoms with Gasteiger partial charge in [0.05, 0.1) is 10.6 Å². The third-order valence-corrected chi connectivity index (χ3v) is 4.55. The number of aromatic hydroxyl groups is 1. The lowest BCUT2D eigenvalue weighted by Crippen LogP contribution is -2.21. The summed E-state index contributed by atoms with van der Waals surface area (Å²) in [5.74, 6) is -0.869. The molecule has 2 heterocycles. The number of carbonyl (C=O) groups is 1. The molecule has 4 rings (SSSR count). The monoisotopic (exact) mass is 449 g/mol. The number of carbonyl (C=O) groups excluding carboxylic acids is 1. The third-order valence-electron chi connectivity index (χ3n) is 4.55. The Bertz CT molecular complexity index is 1370. The van der Waals surface area contributed by atoms with Gasteiger partial charge in [0, 0.05) is 23.3 Å². The van der Waals surface area contributed by atoms with E-state index in [0.29, 0.717) is 16.8 Å². The zero-order chi connectivity index (χ0) is 23.5. The van der Waals surface area contributed by atoms with Gasteiger partial charge in [-0.25, -0.2) is 10.1 Å². The van der Waals surface area contributed by atoms with E-state index in [1.807, 2.05) is 0 Å². The number of hydrogen-bond acceptors (Lipinski definition) is 11. The molecule has 14 heteroatoms. The number of aromatic nitrogens is 5. The Labute approximate surface area is 184 Å². The van der Waals surface area contributed by atoms with Crippen molar-refractivity contribution in [2.75, 3.05) is 5.73 Å². The standard InChI is InChI=1S/C19H15N9O5/c1-10(13-4-2-3-5-14(13)29)21-23-19(30)15-16(11-6-8-12(9-7-11)28(31)32)27(26-22-15)18-17(20)24-33-25-18/h2-9,29H,1H3,(H2,20,24)(H,23,30)/b21-10+. The predicted octanol–water partition coefficient (Wildman–Crippen LogP) is 1.67. The Morgan fingerprint density at radius 2 is 1.94 bits per heavy atom. The molecule has 0 aliphatic rings. The fraction of sp³-hybridized carbons (Fsp3) is 0.0526. The molecule has 0 atom stereocenters. The maximum atomic E-state index is 12.9. The average Bonchev–Trinajstić information content (AvgIpc) is 3.43. The number of benzene rings is 2. The van der Waals surface area contributed by atoms with Crippen molar-refractivity contribution in [3.8, 4) is 22.8 Å². The van der Waals surface area contributed by atoms with Crippen molar-refractivity contribution in [3.05, 3.63) is 69.9 Å². The van der Waals surface area contributed by atoms with E-state index in [-0.39, 0.29) is 34.5 Å². The molecule has 0 fully saturated rings. The van der Waals surface area contributed by atoms with Crippen LogP contribution in [-0.4, -0.2) is 47.0 Å². The number of amides is 1. The number of nitro groups is 1. The maximum absolute atomic E-state index is 12.9. The molecule has 14 nitrogen and oxygen atoms in total. The number of nitrogens with one attached hydrogen (secondary N) is 1. The van der Waals surface area contributed by atoms with Gasteiger partial charge in [-0.15, -0.1) is 5.10 Å². The van der Waals surface area contributed by atoms with E-state index in [4.69, 9.17) is 5.73 Å². The summed E-state index contributed by atoms with van der Waals surface area (Å²) >= 11 is 0. The number of para-hydroxylation sites is 1. The van der Waals surface area contributed by atoms with Gasteiger partial charge in [-0.1, -0.05) is 17.3 Å². The molecular formula is C19H15N9O5. The quantitative estimate of drug-likeness (QED) is 0.221. The van der Waals surface area contributed by atoms with Crippen LogP contribution in [0, 0.1) is 10.1 Å². The number of nitrogens with two attached hydrogens (primary N) is 1. The molecular weight excluding hydrogens is 434 g/mol. The molecule has 0 unspecified atom stereocenters. The minimum atomic E-state index is -0.737. The summed E-state index contributed by atoms with van der Waals surface area (Å²) < 4.78 is 5.73. The van der Waals surface area contributed by atoms with Gasteiger partial charge in [0.15, 0.2) is 5.69 Å². The second-order valence-electron chi connectivity index (χ2n) is 6.63. The fourth-order valence-electron chi connectivity index (χ4n) is 2.95. The fourth-order valence-corrected chi connectivity index (χ4v) is 2.95. The summed E-state index contributed by atoms with van der Waals surface area (Å²) in [5.41, 5.74) is 9.06. The minimum Gasteiger partial charge on any atom is -0.507 e. The van der Waals surface area contributed by atoms with E-state index >= 15 is 0 Å².